The second-order valence-corrected chi connectivity index (χ2v) is 5.93. The second kappa shape index (κ2) is 11.6. The first-order valence-electron chi connectivity index (χ1n) is 8.34. The lowest BCUT2D eigenvalue weighted by atomic mass is 10.2. The molecule has 0 heterocycles. The molecule has 0 aliphatic carbocycles. The number of rotatable bonds is 10. The van der Waals surface area contributed by atoms with Gasteiger partial charge in [-0.05, 0) is 30.6 Å². The number of thiocarbonyl (C=S) groups is 1. The van der Waals surface area contributed by atoms with Gasteiger partial charge in [0.1, 0.15) is 0 Å². The lowest BCUT2D eigenvalue weighted by molar-refractivity contribution is 0.384. The minimum atomic E-state index is 0.817. The van der Waals surface area contributed by atoms with Gasteiger partial charge in [0.25, 0.3) is 0 Å². The van der Waals surface area contributed by atoms with E-state index in [1.807, 2.05) is 6.07 Å². The number of benzene rings is 1. The van der Waals surface area contributed by atoms with Crippen LogP contribution in [0.1, 0.15) is 57.9 Å². The minimum absolute atomic E-state index is 0.817. The van der Waals surface area contributed by atoms with Gasteiger partial charge < -0.3 is 10.2 Å². The lowest BCUT2D eigenvalue weighted by Crippen LogP contribution is -2.40. The maximum Gasteiger partial charge on any atom is 0.169 e. The van der Waals surface area contributed by atoms with Crippen LogP contribution >= 0.6 is 12.2 Å². The highest BCUT2D eigenvalue weighted by Crippen LogP contribution is 2.04. The van der Waals surface area contributed by atoms with E-state index in [0.717, 1.165) is 24.7 Å². The Morgan fingerprint density at radius 1 is 0.952 bits per heavy atom. The third kappa shape index (κ3) is 8.05. The molecule has 2 nitrogen and oxygen atoms in total. The molecule has 0 fully saturated rings. The first-order chi connectivity index (χ1) is 10.3. The summed E-state index contributed by atoms with van der Waals surface area (Å²) >= 11 is 5.59. The van der Waals surface area contributed by atoms with Crippen molar-refractivity contribution in [2.24, 2.45) is 0 Å². The highest BCUT2D eigenvalue weighted by atomic mass is 32.1. The Labute approximate surface area is 135 Å². The van der Waals surface area contributed by atoms with E-state index in [2.05, 4.69) is 48.3 Å². The third-order valence-electron chi connectivity index (χ3n) is 3.64. The summed E-state index contributed by atoms with van der Waals surface area (Å²) in [6.45, 7) is 7.47. The Bertz CT molecular complexity index is 368. The van der Waals surface area contributed by atoms with Crippen LogP contribution in [0.4, 0.5) is 0 Å². The zero-order valence-corrected chi connectivity index (χ0v) is 14.4. The van der Waals surface area contributed by atoms with E-state index >= 15 is 0 Å². The maximum atomic E-state index is 5.59. The highest BCUT2D eigenvalue weighted by Gasteiger charge is 2.08. The molecular weight excluding hydrogens is 276 g/mol. The molecule has 1 N–H and O–H groups in total. The largest absolute Gasteiger partial charge is 0.358 e. The molecule has 0 unspecified atom stereocenters. The van der Waals surface area contributed by atoms with Crippen molar-refractivity contribution in [3.8, 4) is 0 Å². The van der Waals surface area contributed by atoms with Crippen molar-refractivity contribution >= 4 is 17.3 Å². The van der Waals surface area contributed by atoms with E-state index in [0.29, 0.717) is 0 Å². The Hall–Kier alpha value is -1.09. The molecule has 0 saturated heterocycles. The molecule has 118 valence electrons. The predicted octanol–water partition coefficient (Wildman–Crippen LogP) is 4.74. The first-order valence-corrected chi connectivity index (χ1v) is 8.75. The van der Waals surface area contributed by atoms with E-state index in [-0.39, 0.29) is 0 Å². The van der Waals surface area contributed by atoms with Crippen molar-refractivity contribution in [2.45, 2.75) is 58.9 Å². The molecule has 0 saturated carbocycles. The van der Waals surface area contributed by atoms with Crippen LogP contribution < -0.4 is 5.32 Å². The number of hydrogen-bond acceptors (Lipinski definition) is 1. The normalized spacial score (nSPS) is 10.4. The topological polar surface area (TPSA) is 15.3 Å². The van der Waals surface area contributed by atoms with Gasteiger partial charge >= 0.3 is 0 Å². The van der Waals surface area contributed by atoms with Crippen molar-refractivity contribution in [3.63, 3.8) is 0 Å². The molecule has 0 aliphatic heterocycles. The molecule has 0 radical (unpaired) electrons. The Balaban J connectivity index is 2.40. The molecule has 1 rings (SSSR count). The van der Waals surface area contributed by atoms with Gasteiger partial charge in [-0.2, -0.15) is 0 Å². The molecule has 0 spiro atoms. The van der Waals surface area contributed by atoms with Crippen molar-refractivity contribution < 1.29 is 0 Å². The average Bonchev–Trinajstić information content (AvgIpc) is 2.52. The number of unbranched alkanes of at least 4 members (excludes halogenated alkanes) is 4. The van der Waals surface area contributed by atoms with E-state index in [1.54, 1.807) is 0 Å². The lowest BCUT2D eigenvalue weighted by Gasteiger charge is -2.26. The Kier molecular flexibility index (Phi) is 9.88. The molecule has 0 amide bonds. The van der Waals surface area contributed by atoms with Crippen molar-refractivity contribution in [1.82, 2.24) is 10.2 Å². The van der Waals surface area contributed by atoms with Crippen LogP contribution in [0.15, 0.2) is 30.3 Å². The first kappa shape index (κ1) is 18.0. The fraction of sp³-hybridized carbons (Fsp3) is 0.611. The van der Waals surface area contributed by atoms with Gasteiger partial charge in [-0.15, -0.1) is 0 Å². The predicted molar refractivity (Wildman–Crippen MR) is 96.5 cm³/mol. The van der Waals surface area contributed by atoms with E-state index in [4.69, 9.17) is 12.2 Å². The number of nitrogens with one attached hydrogen (secondary N) is 1. The van der Waals surface area contributed by atoms with E-state index < -0.39 is 0 Å². The van der Waals surface area contributed by atoms with Crippen LogP contribution in [0.25, 0.3) is 0 Å². The summed E-state index contributed by atoms with van der Waals surface area (Å²) in [4.78, 5) is 2.35. The molecular formula is C18H30N2S. The van der Waals surface area contributed by atoms with Gasteiger partial charge in [0.2, 0.25) is 0 Å². The summed E-state index contributed by atoms with van der Waals surface area (Å²) < 4.78 is 0. The van der Waals surface area contributed by atoms with Gasteiger partial charge in [0, 0.05) is 19.6 Å². The standard InChI is InChI=1S/C18H30N2S/c1-3-5-10-14-20(15-11-6-4-2)18(21)19-16-17-12-8-7-9-13-17/h7-9,12-13H,3-6,10-11,14-16H2,1-2H3,(H,19,21). The summed E-state index contributed by atoms with van der Waals surface area (Å²) in [6, 6.07) is 10.5. The van der Waals surface area contributed by atoms with Gasteiger partial charge in [0.15, 0.2) is 5.11 Å². The summed E-state index contributed by atoms with van der Waals surface area (Å²) in [5.74, 6) is 0. The monoisotopic (exact) mass is 306 g/mol. The smallest absolute Gasteiger partial charge is 0.169 e. The van der Waals surface area contributed by atoms with Gasteiger partial charge in [-0.25, -0.2) is 0 Å². The number of nitrogens with zero attached hydrogens (tertiary/aromatic N) is 1. The van der Waals surface area contributed by atoms with E-state index in [1.165, 1.54) is 44.1 Å². The summed E-state index contributed by atoms with van der Waals surface area (Å²) in [6.07, 6.45) is 7.54. The fourth-order valence-electron chi connectivity index (χ4n) is 2.31. The summed E-state index contributed by atoms with van der Waals surface area (Å²) in [5.41, 5.74) is 1.28. The number of hydrogen-bond donors (Lipinski definition) is 1. The molecule has 0 aromatic heterocycles. The zero-order valence-electron chi connectivity index (χ0n) is 13.6. The van der Waals surface area contributed by atoms with Crippen LogP contribution in [-0.4, -0.2) is 23.1 Å². The Morgan fingerprint density at radius 2 is 1.52 bits per heavy atom. The SMILES string of the molecule is CCCCCN(CCCCC)C(=S)NCc1ccccc1. The molecule has 21 heavy (non-hydrogen) atoms. The average molecular weight is 307 g/mol. The van der Waals surface area contributed by atoms with Crippen molar-refractivity contribution in [1.29, 1.82) is 0 Å². The van der Waals surface area contributed by atoms with Crippen LogP contribution in [-0.2, 0) is 6.54 Å². The fourth-order valence-corrected chi connectivity index (χ4v) is 2.56. The summed E-state index contributed by atoms with van der Waals surface area (Å²) in [7, 11) is 0. The molecule has 1 aromatic carbocycles. The van der Waals surface area contributed by atoms with Gasteiger partial charge in [-0.1, -0.05) is 69.9 Å². The quantitative estimate of drug-likeness (QED) is 0.496. The van der Waals surface area contributed by atoms with Gasteiger partial charge in [-0.3, -0.25) is 0 Å². The van der Waals surface area contributed by atoms with Gasteiger partial charge in [0.05, 0.1) is 0 Å². The van der Waals surface area contributed by atoms with Crippen LogP contribution in [0, 0.1) is 0 Å². The van der Waals surface area contributed by atoms with Crippen LogP contribution in [0.2, 0.25) is 0 Å². The zero-order chi connectivity index (χ0) is 15.3. The van der Waals surface area contributed by atoms with Crippen LogP contribution in [0.3, 0.4) is 0 Å². The second-order valence-electron chi connectivity index (χ2n) is 5.55. The van der Waals surface area contributed by atoms with E-state index in [9.17, 15) is 0 Å². The molecule has 0 bridgehead atoms. The summed E-state index contributed by atoms with van der Waals surface area (Å²) in [5, 5.41) is 4.32. The molecule has 1 aromatic rings. The van der Waals surface area contributed by atoms with Crippen molar-refractivity contribution in [2.75, 3.05) is 13.1 Å². The highest BCUT2D eigenvalue weighted by molar-refractivity contribution is 7.80. The molecule has 3 heteroatoms. The molecule has 0 atom stereocenters. The van der Waals surface area contributed by atoms with Crippen molar-refractivity contribution in [3.05, 3.63) is 35.9 Å². The third-order valence-corrected chi connectivity index (χ3v) is 4.04. The maximum absolute atomic E-state index is 5.59. The Morgan fingerprint density at radius 3 is 2.05 bits per heavy atom. The minimum Gasteiger partial charge on any atom is -0.358 e. The molecule has 0 aliphatic rings. The van der Waals surface area contributed by atoms with Crippen LogP contribution in [0.5, 0.6) is 0 Å².